The summed E-state index contributed by atoms with van der Waals surface area (Å²) < 4.78 is 0. The Labute approximate surface area is 121 Å². The zero-order valence-electron chi connectivity index (χ0n) is 11.8. The summed E-state index contributed by atoms with van der Waals surface area (Å²) in [4.78, 5) is 23.6. The van der Waals surface area contributed by atoms with Crippen LogP contribution >= 0.6 is 12.4 Å². The Morgan fingerprint density at radius 2 is 1.84 bits per heavy atom. The third kappa shape index (κ3) is 5.78. The lowest BCUT2D eigenvalue weighted by molar-refractivity contribution is -0.134. The topological polar surface area (TPSA) is 84.2 Å². The Hall–Kier alpha value is -0.810. The van der Waals surface area contributed by atoms with Crippen LogP contribution in [-0.2, 0) is 9.59 Å². The fourth-order valence-corrected chi connectivity index (χ4v) is 2.48. The molecular formula is C13H26ClN3O2. The van der Waals surface area contributed by atoms with Gasteiger partial charge in [-0.15, -0.1) is 12.4 Å². The van der Waals surface area contributed by atoms with Crippen molar-refractivity contribution in [1.82, 2.24) is 10.6 Å². The number of carbonyl (C=O) groups excluding carboxylic acids is 2. The number of carbonyl (C=O) groups is 2. The van der Waals surface area contributed by atoms with Gasteiger partial charge in [-0.3, -0.25) is 9.59 Å². The van der Waals surface area contributed by atoms with Gasteiger partial charge in [-0.25, -0.2) is 0 Å². The highest BCUT2D eigenvalue weighted by molar-refractivity contribution is 5.91. The summed E-state index contributed by atoms with van der Waals surface area (Å²) in [5.41, 5.74) is 4.96. The molecule has 0 heterocycles. The maximum absolute atomic E-state index is 12.3. The maximum Gasteiger partial charge on any atom is 0.245 e. The largest absolute Gasteiger partial charge is 0.354 e. The molecule has 1 fully saturated rings. The van der Waals surface area contributed by atoms with Gasteiger partial charge in [-0.1, -0.05) is 19.3 Å². The van der Waals surface area contributed by atoms with E-state index in [0.29, 0.717) is 6.54 Å². The van der Waals surface area contributed by atoms with E-state index < -0.39 is 5.54 Å². The second-order valence-electron chi connectivity index (χ2n) is 5.35. The van der Waals surface area contributed by atoms with Gasteiger partial charge in [0.15, 0.2) is 0 Å². The number of nitrogens with one attached hydrogen (secondary N) is 2. The van der Waals surface area contributed by atoms with E-state index in [-0.39, 0.29) is 30.3 Å². The van der Waals surface area contributed by atoms with Crippen molar-refractivity contribution < 1.29 is 9.59 Å². The second-order valence-corrected chi connectivity index (χ2v) is 5.35. The fourth-order valence-electron chi connectivity index (χ4n) is 2.48. The zero-order valence-corrected chi connectivity index (χ0v) is 12.6. The molecule has 1 aliphatic carbocycles. The van der Waals surface area contributed by atoms with Gasteiger partial charge in [0.05, 0.1) is 0 Å². The minimum atomic E-state index is -0.693. The summed E-state index contributed by atoms with van der Waals surface area (Å²) in [7, 11) is 0. The van der Waals surface area contributed by atoms with Crippen LogP contribution in [-0.4, -0.2) is 29.9 Å². The summed E-state index contributed by atoms with van der Waals surface area (Å²) >= 11 is 0. The number of hydrogen-bond donors (Lipinski definition) is 3. The molecule has 0 aliphatic heterocycles. The van der Waals surface area contributed by atoms with Gasteiger partial charge in [0.2, 0.25) is 11.8 Å². The predicted octanol–water partition coefficient (Wildman–Crippen LogP) is 1.10. The Kier molecular flexibility index (Phi) is 8.02. The first kappa shape index (κ1) is 18.2. The van der Waals surface area contributed by atoms with E-state index in [2.05, 4.69) is 10.6 Å². The van der Waals surface area contributed by atoms with E-state index in [1.807, 2.05) is 6.92 Å². The summed E-state index contributed by atoms with van der Waals surface area (Å²) in [5, 5.41) is 5.75. The Morgan fingerprint density at radius 3 is 2.32 bits per heavy atom. The Balaban J connectivity index is 0.00000324. The van der Waals surface area contributed by atoms with Crippen LogP contribution in [0, 0.1) is 0 Å². The van der Waals surface area contributed by atoms with Gasteiger partial charge >= 0.3 is 0 Å². The van der Waals surface area contributed by atoms with E-state index in [9.17, 15) is 9.59 Å². The summed E-state index contributed by atoms with van der Waals surface area (Å²) in [6.45, 7) is 3.94. The minimum Gasteiger partial charge on any atom is -0.354 e. The second kappa shape index (κ2) is 8.38. The van der Waals surface area contributed by atoms with Crippen LogP contribution in [0.3, 0.4) is 0 Å². The van der Waals surface area contributed by atoms with Gasteiger partial charge < -0.3 is 16.4 Å². The average molecular weight is 292 g/mol. The number of nitrogens with two attached hydrogens (primary N) is 1. The molecule has 1 atom stereocenters. The zero-order chi connectivity index (χ0) is 13.6. The van der Waals surface area contributed by atoms with Gasteiger partial charge in [0.25, 0.3) is 0 Å². The molecule has 1 unspecified atom stereocenters. The van der Waals surface area contributed by atoms with E-state index in [1.165, 1.54) is 6.92 Å². The van der Waals surface area contributed by atoms with Crippen LogP contribution in [0.5, 0.6) is 0 Å². The van der Waals surface area contributed by atoms with Crippen LogP contribution < -0.4 is 16.4 Å². The van der Waals surface area contributed by atoms with Crippen LogP contribution in [0.15, 0.2) is 0 Å². The molecule has 5 nitrogen and oxygen atoms in total. The molecule has 0 bridgehead atoms. The van der Waals surface area contributed by atoms with Gasteiger partial charge in [0.1, 0.15) is 5.54 Å². The molecule has 0 aromatic carbocycles. The van der Waals surface area contributed by atoms with Crippen LogP contribution in [0.2, 0.25) is 0 Å². The molecule has 0 aromatic rings. The van der Waals surface area contributed by atoms with Crippen molar-refractivity contribution in [3.63, 3.8) is 0 Å². The Morgan fingerprint density at radius 1 is 1.26 bits per heavy atom. The van der Waals surface area contributed by atoms with Crippen LogP contribution in [0.25, 0.3) is 0 Å². The molecule has 112 valence electrons. The molecule has 4 N–H and O–H groups in total. The van der Waals surface area contributed by atoms with Crippen LogP contribution in [0.1, 0.15) is 52.4 Å². The molecule has 0 spiro atoms. The first-order valence-electron chi connectivity index (χ1n) is 6.79. The molecule has 1 saturated carbocycles. The lowest BCUT2D eigenvalue weighted by Gasteiger charge is -2.36. The SMILES string of the molecule is CC(=O)NC1(C(=O)NCCC(C)N)CCCCC1.Cl. The summed E-state index contributed by atoms with van der Waals surface area (Å²) in [6.07, 6.45) is 5.32. The minimum absolute atomic E-state index is 0. The highest BCUT2D eigenvalue weighted by Crippen LogP contribution is 2.28. The Bertz CT molecular complexity index is 302. The van der Waals surface area contributed by atoms with Crippen LogP contribution in [0.4, 0.5) is 0 Å². The molecule has 0 saturated heterocycles. The number of hydrogen-bond acceptors (Lipinski definition) is 3. The highest BCUT2D eigenvalue weighted by atomic mass is 35.5. The highest BCUT2D eigenvalue weighted by Gasteiger charge is 2.39. The van der Waals surface area contributed by atoms with E-state index >= 15 is 0 Å². The van der Waals surface area contributed by atoms with E-state index in [0.717, 1.165) is 38.5 Å². The van der Waals surface area contributed by atoms with Crippen molar-refractivity contribution in [2.45, 2.75) is 64.0 Å². The van der Waals surface area contributed by atoms with Gasteiger partial charge in [-0.05, 0) is 26.2 Å². The molecular weight excluding hydrogens is 266 g/mol. The molecule has 19 heavy (non-hydrogen) atoms. The third-order valence-corrected chi connectivity index (χ3v) is 3.44. The smallest absolute Gasteiger partial charge is 0.245 e. The first-order valence-corrected chi connectivity index (χ1v) is 6.79. The lowest BCUT2D eigenvalue weighted by Crippen LogP contribution is -2.59. The molecule has 6 heteroatoms. The predicted molar refractivity (Wildman–Crippen MR) is 78.2 cm³/mol. The van der Waals surface area contributed by atoms with Gasteiger partial charge in [0, 0.05) is 19.5 Å². The fraction of sp³-hybridized carbons (Fsp3) is 0.846. The number of rotatable bonds is 5. The third-order valence-electron chi connectivity index (χ3n) is 3.44. The summed E-state index contributed by atoms with van der Waals surface area (Å²) in [5.74, 6) is -0.197. The van der Waals surface area contributed by atoms with Gasteiger partial charge in [-0.2, -0.15) is 0 Å². The maximum atomic E-state index is 12.3. The summed E-state index contributed by atoms with van der Waals surface area (Å²) in [6, 6.07) is 0.0772. The van der Waals surface area contributed by atoms with E-state index in [4.69, 9.17) is 5.73 Å². The quantitative estimate of drug-likeness (QED) is 0.709. The molecule has 0 radical (unpaired) electrons. The standard InChI is InChI=1S/C13H25N3O2.ClH/c1-10(14)6-9-15-12(18)13(16-11(2)17)7-4-3-5-8-13;/h10H,3-9,14H2,1-2H3,(H,15,18)(H,16,17);1H. The number of halogens is 1. The van der Waals surface area contributed by atoms with Crippen molar-refractivity contribution in [2.24, 2.45) is 5.73 Å². The lowest BCUT2D eigenvalue weighted by atomic mass is 9.80. The molecule has 1 aliphatic rings. The normalized spacial score (nSPS) is 18.9. The number of amides is 2. The van der Waals surface area contributed by atoms with Crippen molar-refractivity contribution in [1.29, 1.82) is 0 Å². The molecule has 1 rings (SSSR count). The van der Waals surface area contributed by atoms with E-state index in [1.54, 1.807) is 0 Å². The van der Waals surface area contributed by atoms with Crippen molar-refractivity contribution in [2.75, 3.05) is 6.54 Å². The van der Waals surface area contributed by atoms with Crippen molar-refractivity contribution in [3.05, 3.63) is 0 Å². The monoisotopic (exact) mass is 291 g/mol. The van der Waals surface area contributed by atoms with Crippen molar-refractivity contribution in [3.8, 4) is 0 Å². The van der Waals surface area contributed by atoms with Crippen molar-refractivity contribution >= 4 is 24.2 Å². The average Bonchev–Trinajstić information content (AvgIpc) is 2.28. The molecule has 0 aromatic heterocycles. The molecule has 2 amide bonds. The first-order chi connectivity index (χ1) is 8.46.